The van der Waals surface area contributed by atoms with E-state index in [1.807, 2.05) is 0 Å². The summed E-state index contributed by atoms with van der Waals surface area (Å²) < 4.78 is 16.8. The molecule has 370 valence electrons. The Morgan fingerprint density at radius 1 is 0.302 bits per heavy atom. The summed E-state index contributed by atoms with van der Waals surface area (Å²) in [6, 6.07) is 0. The Kier molecular flexibility index (Phi) is 50.8. The number of carbonyl (C=O) groups excluding carboxylic acids is 3. The van der Waals surface area contributed by atoms with Gasteiger partial charge in [-0.05, 0) is 57.8 Å². The second kappa shape index (κ2) is 52.5. The fraction of sp³-hybridized carbons (Fsp3) is 0.877. The van der Waals surface area contributed by atoms with Crippen molar-refractivity contribution in [3.05, 3.63) is 24.3 Å². The van der Waals surface area contributed by atoms with Crippen LogP contribution in [0.15, 0.2) is 24.3 Å². The number of rotatable bonds is 51. The number of allylic oxidation sites excluding steroid dienone is 4. The molecule has 63 heavy (non-hydrogen) atoms. The van der Waals surface area contributed by atoms with Crippen LogP contribution in [0.4, 0.5) is 0 Å². The van der Waals surface area contributed by atoms with Gasteiger partial charge in [0.15, 0.2) is 6.10 Å². The Morgan fingerprint density at radius 2 is 0.556 bits per heavy atom. The molecule has 6 heteroatoms. The standard InChI is InChI=1S/C57H106O6/c1-4-7-10-13-16-19-22-23-24-25-26-27-28-29-30-31-32-33-34-35-36-39-41-44-47-50-56(59)62-53-54(63-57(60)51-48-45-42-38-21-18-15-12-9-6-3)52-61-55(58)49-46-43-40-37-20-17-14-11-8-5-2/h11-12,14-15,54H,4-10,13,16-53H2,1-3H3/b14-11-,15-12-. The van der Waals surface area contributed by atoms with Crippen molar-refractivity contribution < 1.29 is 28.6 Å². The third-order valence-corrected chi connectivity index (χ3v) is 12.4. The SMILES string of the molecule is CCC/C=C\CCCCCCCC(=O)OCC(COC(=O)CCCCCCCCCCCCCCCCCCCCCCCCCCC)OC(=O)CCCCCCC/C=C\CCC. The molecule has 0 aromatic carbocycles. The van der Waals surface area contributed by atoms with Crippen molar-refractivity contribution in [1.82, 2.24) is 0 Å². The van der Waals surface area contributed by atoms with Gasteiger partial charge in [-0.1, -0.05) is 251 Å². The molecule has 0 radical (unpaired) electrons. The number of carbonyl (C=O) groups is 3. The van der Waals surface area contributed by atoms with Crippen LogP contribution in [0.5, 0.6) is 0 Å². The van der Waals surface area contributed by atoms with Gasteiger partial charge in [0.25, 0.3) is 0 Å². The molecule has 0 aliphatic heterocycles. The van der Waals surface area contributed by atoms with E-state index in [2.05, 4.69) is 45.1 Å². The summed E-state index contributed by atoms with van der Waals surface area (Å²) in [5, 5.41) is 0. The lowest BCUT2D eigenvalue weighted by atomic mass is 10.0. The van der Waals surface area contributed by atoms with Crippen molar-refractivity contribution in [2.24, 2.45) is 0 Å². The van der Waals surface area contributed by atoms with E-state index in [9.17, 15) is 14.4 Å². The molecule has 0 rings (SSSR count). The molecule has 0 saturated heterocycles. The summed E-state index contributed by atoms with van der Waals surface area (Å²) in [5.41, 5.74) is 0. The van der Waals surface area contributed by atoms with Gasteiger partial charge in [0.05, 0.1) is 0 Å². The first kappa shape index (κ1) is 60.9. The monoisotopic (exact) mass is 887 g/mol. The smallest absolute Gasteiger partial charge is 0.306 e. The van der Waals surface area contributed by atoms with Gasteiger partial charge in [-0.25, -0.2) is 0 Å². The van der Waals surface area contributed by atoms with Crippen molar-refractivity contribution in [3.8, 4) is 0 Å². The molecule has 6 nitrogen and oxygen atoms in total. The van der Waals surface area contributed by atoms with Crippen LogP contribution in [0, 0.1) is 0 Å². The fourth-order valence-electron chi connectivity index (χ4n) is 8.21. The van der Waals surface area contributed by atoms with Crippen molar-refractivity contribution in [1.29, 1.82) is 0 Å². The zero-order valence-corrected chi connectivity index (χ0v) is 42.4. The van der Waals surface area contributed by atoms with Crippen molar-refractivity contribution >= 4 is 17.9 Å². The van der Waals surface area contributed by atoms with Crippen molar-refractivity contribution in [2.45, 2.75) is 309 Å². The molecule has 0 saturated carbocycles. The number of hydrogen-bond donors (Lipinski definition) is 0. The maximum Gasteiger partial charge on any atom is 0.306 e. The van der Waals surface area contributed by atoms with Crippen LogP contribution in [0.1, 0.15) is 303 Å². The zero-order valence-electron chi connectivity index (χ0n) is 42.4. The van der Waals surface area contributed by atoms with E-state index in [-0.39, 0.29) is 31.1 Å². The number of esters is 3. The highest BCUT2D eigenvalue weighted by molar-refractivity contribution is 5.71. The Bertz CT molecular complexity index is 1020. The minimum atomic E-state index is -0.773. The molecule has 0 amide bonds. The maximum absolute atomic E-state index is 12.7. The van der Waals surface area contributed by atoms with E-state index in [0.29, 0.717) is 19.3 Å². The molecular weight excluding hydrogens is 781 g/mol. The summed E-state index contributed by atoms with van der Waals surface area (Å²) in [4.78, 5) is 37.9. The van der Waals surface area contributed by atoms with Gasteiger partial charge in [0, 0.05) is 19.3 Å². The number of unbranched alkanes of at least 4 members (excludes halogenated alkanes) is 36. The second-order valence-corrected chi connectivity index (χ2v) is 18.8. The minimum Gasteiger partial charge on any atom is -0.462 e. The molecule has 0 heterocycles. The molecule has 0 N–H and O–H groups in total. The highest BCUT2D eigenvalue weighted by atomic mass is 16.6. The molecule has 0 aliphatic rings. The molecule has 0 bridgehead atoms. The highest BCUT2D eigenvalue weighted by Gasteiger charge is 2.19. The summed E-state index contributed by atoms with van der Waals surface area (Å²) in [6.07, 6.45) is 60.6. The van der Waals surface area contributed by atoms with Gasteiger partial charge in [0.1, 0.15) is 13.2 Å². The van der Waals surface area contributed by atoms with E-state index in [1.54, 1.807) is 0 Å². The first-order valence-electron chi connectivity index (χ1n) is 27.8. The third-order valence-electron chi connectivity index (χ3n) is 12.4. The lowest BCUT2D eigenvalue weighted by Gasteiger charge is -2.18. The molecule has 1 unspecified atom stereocenters. The predicted octanol–water partition coefficient (Wildman–Crippen LogP) is 18.3. The van der Waals surface area contributed by atoms with E-state index in [4.69, 9.17) is 14.2 Å². The average Bonchev–Trinajstić information content (AvgIpc) is 3.28. The van der Waals surface area contributed by atoms with Crippen LogP contribution < -0.4 is 0 Å². The van der Waals surface area contributed by atoms with Gasteiger partial charge >= 0.3 is 17.9 Å². The van der Waals surface area contributed by atoms with Crippen LogP contribution in [-0.4, -0.2) is 37.2 Å². The summed E-state index contributed by atoms with van der Waals surface area (Å²) in [5.74, 6) is -0.883. The first-order valence-corrected chi connectivity index (χ1v) is 27.8. The van der Waals surface area contributed by atoms with Crippen LogP contribution in [0.25, 0.3) is 0 Å². The lowest BCUT2D eigenvalue weighted by molar-refractivity contribution is -0.167. The quantitative estimate of drug-likeness (QED) is 0.0262. The molecule has 0 aliphatic carbocycles. The molecule has 1 atom stereocenters. The molecule has 0 aromatic rings. The molecule has 0 spiro atoms. The summed E-state index contributed by atoms with van der Waals surface area (Å²) in [7, 11) is 0. The first-order chi connectivity index (χ1) is 31.0. The van der Waals surface area contributed by atoms with Crippen LogP contribution in [0.3, 0.4) is 0 Å². The van der Waals surface area contributed by atoms with E-state index in [1.165, 1.54) is 173 Å². The largest absolute Gasteiger partial charge is 0.462 e. The summed E-state index contributed by atoms with van der Waals surface area (Å²) >= 11 is 0. The van der Waals surface area contributed by atoms with E-state index >= 15 is 0 Å². The molecule has 0 aromatic heterocycles. The van der Waals surface area contributed by atoms with E-state index in [0.717, 1.165) is 89.9 Å². The maximum atomic E-state index is 12.7. The second-order valence-electron chi connectivity index (χ2n) is 18.8. The van der Waals surface area contributed by atoms with Gasteiger partial charge in [-0.3, -0.25) is 14.4 Å². The summed E-state index contributed by atoms with van der Waals surface area (Å²) in [6.45, 7) is 6.53. The van der Waals surface area contributed by atoms with Gasteiger partial charge in [0.2, 0.25) is 0 Å². The van der Waals surface area contributed by atoms with Gasteiger partial charge in [-0.15, -0.1) is 0 Å². The lowest BCUT2D eigenvalue weighted by Crippen LogP contribution is -2.30. The highest BCUT2D eigenvalue weighted by Crippen LogP contribution is 2.17. The average molecular weight is 887 g/mol. The Hall–Kier alpha value is -2.11. The predicted molar refractivity (Wildman–Crippen MR) is 270 cm³/mol. The van der Waals surface area contributed by atoms with Crippen LogP contribution in [0.2, 0.25) is 0 Å². The number of hydrogen-bond acceptors (Lipinski definition) is 6. The van der Waals surface area contributed by atoms with Gasteiger partial charge < -0.3 is 14.2 Å². The van der Waals surface area contributed by atoms with Crippen molar-refractivity contribution in [2.75, 3.05) is 13.2 Å². The Morgan fingerprint density at radius 3 is 0.857 bits per heavy atom. The third kappa shape index (κ3) is 50.7. The molecule has 0 fully saturated rings. The van der Waals surface area contributed by atoms with Crippen molar-refractivity contribution in [3.63, 3.8) is 0 Å². The number of ether oxygens (including phenoxy) is 3. The normalized spacial score (nSPS) is 12.1. The fourth-order valence-corrected chi connectivity index (χ4v) is 8.21. The zero-order chi connectivity index (χ0) is 45.8. The molecular formula is C57H106O6. The van der Waals surface area contributed by atoms with Crippen LogP contribution >= 0.6 is 0 Å². The minimum absolute atomic E-state index is 0.0739. The van der Waals surface area contributed by atoms with Gasteiger partial charge in [-0.2, -0.15) is 0 Å². The Labute approximate surface area is 392 Å². The Balaban J connectivity index is 4.08. The van der Waals surface area contributed by atoms with Crippen LogP contribution in [-0.2, 0) is 28.6 Å². The topological polar surface area (TPSA) is 78.9 Å². The van der Waals surface area contributed by atoms with E-state index < -0.39 is 6.10 Å².